The molecule has 1 aromatic heterocycles. The second kappa shape index (κ2) is 8.87. The number of halogens is 1. The van der Waals surface area contributed by atoms with Crippen molar-refractivity contribution in [3.8, 4) is 0 Å². The van der Waals surface area contributed by atoms with Crippen LogP contribution in [0, 0.1) is 6.92 Å². The van der Waals surface area contributed by atoms with Crippen LogP contribution in [0.15, 0.2) is 57.9 Å². The third-order valence-corrected chi connectivity index (χ3v) is 4.95. The molecule has 0 atom stereocenters. The van der Waals surface area contributed by atoms with E-state index in [2.05, 4.69) is 15.5 Å². The third kappa shape index (κ3) is 5.09. The zero-order valence-electron chi connectivity index (χ0n) is 14.2. The molecule has 0 aliphatic carbocycles. The van der Waals surface area contributed by atoms with Crippen LogP contribution in [0.1, 0.15) is 27.6 Å². The molecule has 3 rings (SSSR count). The van der Waals surface area contributed by atoms with Crippen LogP contribution in [0.25, 0.3) is 0 Å². The number of nitrogens with zero attached hydrogens (tertiary/aromatic N) is 2. The molecule has 1 heterocycles. The number of thioether (sulfide) groups is 1. The Balaban J connectivity index is 1.58. The number of hydrogen-bond acceptors (Lipinski definition) is 5. The van der Waals surface area contributed by atoms with Gasteiger partial charge in [0.15, 0.2) is 5.82 Å². The predicted octanol–water partition coefficient (Wildman–Crippen LogP) is 4.30. The summed E-state index contributed by atoms with van der Waals surface area (Å²) in [4.78, 5) is 17.6. The topological polar surface area (TPSA) is 68.0 Å². The zero-order valence-corrected chi connectivity index (χ0v) is 15.8. The van der Waals surface area contributed by atoms with Crippen molar-refractivity contribution in [1.82, 2.24) is 15.5 Å². The van der Waals surface area contributed by atoms with Crippen molar-refractivity contribution in [3.63, 3.8) is 0 Å². The second-order valence-electron chi connectivity index (χ2n) is 5.65. The number of carbonyl (C=O) groups is 1. The van der Waals surface area contributed by atoms with E-state index >= 15 is 0 Å². The largest absolute Gasteiger partial charge is 0.352 e. The Labute approximate surface area is 161 Å². The smallest absolute Gasteiger partial charge is 0.252 e. The molecule has 2 aromatic carbocycles. The van der Waals surface area contributed by atoms with Crippen LogP contribution in [0.2, 0.25) is 5.02 Å². The van der Waals surface area contributed by atoms with Gasteiger partial charge in [-0.25, -0.2) is 0 Å². The third-order valence-electron chi connectivity index (χ3n) is 3.65. The number of aryl methyl sites for hydroxylation is 1. The second-order valence-corrected chi connectivity index (χ2v) is 7.10. The summed E-state index contributed by atoms with van der Waals surface area (Å²) in [6, 6.07) is 15.1. The number of carbonyl (C=O) groups excluding carboxylic acids is 1. The fourth-order valence-electron chi connectivity index (χ4n) is 2.43. The molecule has 7 heteroatoms. The number of hydrogen-bond donors (Lipinski definition) is 1. The molecule has 0 fully saturated rings. The Morgan fingerprint density at radius 2 is 2.08 bits per heavy atom. The highest BCUT2D eigenvalue weighted by Gasteiger charge is 2.12. The first-order chi connectivity index (χ1) is 12.6. The minimum atomic E-state index is -0.0978. The lowest BCUT2D eigenvalue weighted by atomic mass is 10.1. The van der Waals surface area contributed by atoms with Gasteiger partial charge in [-0.3, -0.25) is 4.79 Å². The van der Waals surface area contributed by atoms with Crippen LogP contribution < -0.4 is 5.32 Å². The molecule has 1 amide bonds. The summed E-state index contributed by atoms with van der Waals surface area (Å²) in [5, 5.41) is 7.54. The van der Waals surface area contributed by atoms with Crippen molar-refractivity contribution >= 4 is 29.3 Å². The minimum absolute atomic E-state index is 0.0978. The lowest BCUT2D eigenvalue weighted by Crippen LogP contribution is -2.26. The van der Waals surface area contributed by atoms with E-state index in [1.54, 1.807) is 6.92 Å². The SMILES string of the molecule is Cc1nc(CSc2ccccc2C(=O)NCCc2cccc(Cl)c2)no1. The quantitative estimate of drug-likeness (QED) is 0.612. The Bertz CT molecular complexity index is 898. The van der Waals surface area contributed by atoms with Gasteiger partial charge in [0.2, 0.25) is 5.89 Å². The van der Waals surface area contributed by atoms with Gasteiger partial charge < -0.3 is 9.84 Å². The van der Waals surface area contributed by atoms with Crippen molar-refractivity contribution in [3.05, 3.63) is 76.4 Å². The van der Waals surface area contributed by atoms with Gasteiger partial charge >= 0.3 is 0 Å². The van der Waals surface area contributed by atoms with Crippen molar-refractivity contribution in [2.24, 2.45) is 0 Å². The predicted molar refractivity (Wildman–Crippen MR) is 103 cm³/mol. The highest BCUT2D eigenvalue weighted by molar-refractivity contribution is 7.98. The van der Waals surface area contributed by atoms with E-state index in [4.69, 9.17) is 16.1 Å². The van der Waals surface area contributed by atoms with Crippen LogP contribution in [0.4, 0.5) is 0 Å². The molecule has 3 aromatic rings. The summed E-state index contributed by atoms with van der Waals surface area (Å²) in [7, 11) is 0. The molecule has 0 radical (unpaired) electrons. The van der Waals surface area contributed by atoms with Crippen LogP contribution in [-0.4, -0.2) is 22.6 Å². The van der Waals surface area contributed by atoms with Gasteiger partial charge in [-0.1, -0.05) is 41.0 Å². The van der Waals surface area contributed by atoms with E-state index in [9.17, 15) is 4.79 Å². The van der Waals surface area contributed by atoms with Crippen molar-refractivity contribution in [2.45, 2.75) is 24.0 Å². The molecule has 0 spiro atoms. The van der Waals surface area contributed by atoms with Crippen LogP contribution in [-0.2, 0) is 12.2 Å². The first-order valence-electron chi connectivity index (χ1n) is 8.15. The summed E-state index contributed by atoms with van der Waals surface area (Å²) in [6.45, 7) is 2.30. The van der Waals surface area contributed by atoms with Crippen LogP contribution in [0.5, 0.6) is 0 Å². The van der Waals surface area contributed by atoms with Crippen molar-refractivity contribution < 1.29 is 9.32 Å². The summed E-state index contributed by atoms with van der Waals surface area (Å²) in [5.74, 6) is 1.60. The molecular formula is C19H18ClN3O2S. The maximum absolute atomic E-state index is 12.5. The molecule has 0 bridgehead atoms. The lowest BCUT2D eigenvalue weighted by molar-refractivity contribution is 0.0951. The fourth-order valence-corrected chi connectivity index (χ4v) is 3.54. The molecule has 26 heavy (non-hydrogen) atoms. The first kappa shape index (κ1) is 18.5. The number of aromatic nitrogens is 2. The standard InChI is InChI=1S/C19H18ClN3O2S/c1-13-22-18(23-25-13)12-26-17-8-3-2-7-16(17)19(24)21-10-9-14-5-4-6-15(20)11-14/h2-8,11H,9-10,12H2,1H3,(H,21,24). The summed E-state index contributed by atoms with van der Waals surface area (Å²) < 4.78 is 4.97. The molecule has 134 valence electrons. The van der Waals surface area contributed by atoms with Gasteiger partial charge in [0.05, 0.1) is 11.3 Å². The van der Waals surface area contributed by atoms with Gasteiger partial charge in [-0.2, -0.15) is 4.98 Å². The van der Waals surface area contributed by atoms with E-state index in [0.29, 0.717) is 34.6 Å². The lowest BCUT2D eigenvalue weighted by Gasteiger charge is -2.09. The molecule has 0 aliphatic rings. The Morgan fingerprint density at radius 3 is 2.85 bits per heavy atom. The normalized spacial score (nSPS) is 10.7. The zero-order chi connectivity index (χ0) is 18.4. The highest BCUT2D eigenvalue weighted by atomic mass is 35.5. The molecule has 0 saturated heterocycles. The number of rotatable bonds is 7. The molecule has 1 N–H and O–H groups in total. The van der Waals surface area contributed by atoms with Gasteiger partial charge in [0.25, 0.3) is 5.91 Å². The van der Waals surface area contributed by atoms with Crippen LogP contribution >= 0.6 is 23.4 Å². The average molecular weight is 388 g/mol. The minimum Gasteiger partial charge on any atom is -0.352 e. The van der Waals surface area contributed by atoms with E-state index < -0.39 is 0 Å². The molecule has 0 unspecified atom stereocenters. The average Bonchev–Trinajstić information content (AvgIpc) is 3.05. The molecule has 5 nitrogen and oxygen atoms in total. The van der Waals surface area contributed by atoms with Crippen molar-refractivity contribution in [1.29, 1.82) is 0 Å². The Morgan fingerprint density at radius 1 is 1.23 bits per heavy atom. The van der Waals surface area contributed by atoms with E-state index in [-0.39, 0.29) is 5.91 Å². The Hall–Kier alpha value is -2.31. The monoisotopic (exact) mass is 387 g/mol. The van der Waals surface area contributed by atoms with Gasteiger partial charge in [0.1, 0.15) is 0 Å². The van der Waals surface area contributed by atoms with E-state index in [1.165, 1.54) is 11.8 Å². The molecule has 0 saturated carbocycles. The summed E-state index contributed by atoms with van der Waals surface area (Å²) >= 11 is 7.49. The number of amides is 1. The fraction of sp³-hybridized carbons (Fsp3) is 0.211. The number of benzene rings is 2. The van der Waals surface area contributed by atoms with Crippen LogP contribution in [0.3, 0.4) is 0 Å². The van der Waals surface area contributed by atoms with Gasteiger partial charge in [-0.15, -0.1) is 11.8 Å². The summed E-state index contributed by atoms with van der Waals surface area (Å²) in [6.07, 6.45) is 0.726. The molecular weight excluding hydrogens is 370 g/mol. The maximum Gasteiger partial charge on any atom is 0.252 e. The summed E-state index contributed by atoms with van der Waals surface area (Å²) in [5.41, 5.74) is 1.73. The first-order valence-corrected chi connectivity index (χ1v) is 9.52. The molecule has 0 aliphatic heterocycles. The number of nitrogens with one attached hydrogen (secondary N) is 1. The Kier molecular flexibility index (Phi) is 6.30. The van der Waals surface area contributed by atoms with E-state index in [0.717, 1.165) is 16.9 Å². The van der Waals surface area contributed by atoms with E-state index in [1.807, 2.05) is 48.5 Å². The maximum atomic E-state index is 12.5. The van der Waals surface area contributed by atoms with Crippen molar-refractivity contribution in [2.75, 3.05) is 6.54 Å². The van der Waals surface area contributed by atoms with Gasteiger partial charge in [0, 0.05) is 23.4 Å². The van der Waals surface area contributed by atoms with Gasteiger partial charge in [-0.05, 0) is 36.2 Å². The highest BCUT2D eigenvalue weighted by Crippen LogP contribution is 2.25.